The average Bonchev–Trinajstić information content (AvgIpc) is 2.83. The van der Waals surface area contributed by atoms with Crippen LogP contribution in [0.5, 0.6) is 0 Å². The lowest BCUT2D eigenvalue weighted by atomic mass is 10.3. The van der Waals surface area contributed by atoms with Crippen molar-refractivity contribution in [3.05, 3.63) is 36.1 Å². The molecule has 0 atom stereocenters. The van der Waals surface area contributed by atoms with Crippen LogP contribution in [0.2, 0.25) is 0 Å². The van der Waals surface area contributed by atoms with Crippen molar-refractivity contribution in [3.63, 3.8) is 0 Å². The zero-order valence-corrected chi connectivity index (χ0v) is 10.6. The van der Waals surface area contributed by atoms with E-state index in [1.54, 1.807) is 0 Å². The van der Waals surface area contributed by atoms with Crippen LogP contribution < -0.4 is 11.2 Å². The Morgan fingerprint density at radius 3 is 2.76 bits per heavy atom. The van der Waals surface area contributed by atoms with Crippen LogP contribution in [0.1, 0.15) is 0 Å². The van der Waals surface area contributed by atoms with E-state index < -0.39 is 11.2 Å². The van der Waals surface area contributed by atoms with Gasteiger partial charge in [0.1, 0.15) is 11.3 Å². The molecule has 6 nitrogen and oxygen atoms in total. The Labute approximate surface area is 106 Å². The molecule has 0 amide bonds. The van der Waals surface area contributed by atoms with E-state index in [-0.39, 0.29) is 11.2 Å². The molecule has 0 saturated heterocycles. The summed E-state index contributed by atoms with van der Waals surface area (Å²) in [5.74, 6) is 0.550. The minimum Gasteiger partial charge on any atom is -0.332 e. The molecule has 0 aliphatic heterocycles. The van der Waals surface area contributed by atoms with Crippen LogP contribution in [0.4, 0.5) is 0 Å². The quantitative estimate of drug-likeness (QED) is 0.634. The van der Waals surface area contributed by atoms with E-state index in [0.717, 1.165) is 9.35 Å². The van der Waals surface area contributed by atoms with E-state index in [2.05, 4.69) is 35.9 Å². The second kappa shape index (κ2) is 3.67. The van der Waals surface area contributed by atoms with Gasteiger partial charge in [-0.15, -0.1) is 11.3 Å². The van der Waals surface area contributed by atoms with Gasteiger partial charge < -0.3 is 4.98 Å². The molecule has 3 heterocycles. The SMILES string of the molecule is O=c1[nH]c(=O)c2[nH]c(-c3csc(Br)c3)nc2[nH]1. The van der Waals surface area contributed by atoms with Gasteiger partial charge in [0.2, 0.25) is 0 Å². The van der Waals surface area contributed by atoms with Crippen molar-refractivity contribution < 1.29 is 0 Å². The predicted octanol–water partition coefficient (Wildman–Crippen LogP) is 1.43. The first-order valence-electron chi connectivity index (χ1n) is 4.60. The van der Waals surface area contributed by atoms with Gasteiger partial charge in [0, 0.05) is 10.9 Å². The van der Waals surface area contributed by atoms with Gasteiger partial charge in [-0.25, -0.2) is 9.78 Å². The Bertz CT molecular complexity index is 812. The fourth-order valence-corrected chi connectivity index (χ4v) is 2.64. The fraction of sp³-hybridized carbons (Fsp3) is 0. The molecule has 0 aliphatic carbocycles. The molecule has 0 saturated carbocycles. The van der Waals surface area contributed by atoms with Crippen molar-refractivity contribution in [2.75, 3.05) is 0 Å². The van der Waals surface area contributed by atoms with Gasteiger partial charge in [-0.05, 0) is 22.0 Å². The van der Waals surface area contributed by atoms with Crippen LogP contribution in [-0.4, -0.2) is 19.9 Å². The number of nitrogens with one attached hydrogen (secondary N) is 3. The van der Waals surface area contributed by atoms with Crippen LogP contribution in [0.15, 0.2) is 24.8 Å². The van der Waals surface area contributed by atoms with E-state index in [1.165, 1.54) is 11.3 Å². The number of thiophene rings is 1. The normalized spacial score (nSPS) is 11.1. The second-order valence-electron chi connectivity index (χ2n) is 3.36. The molecular weight excluding hydrogens is 308 g/mol. The van der Waals surface area contributed by atoms with Gasteiger partial charge in [0.15, 0.2) is 5.65 Å². The van der Waals surface area contributed by atoms with Crippen molar-refractivity contribution in [2.45, 2.75) is 0 Å². The predicted molar refractivity (Wildman–Crippen MR) is 68.3 cm³/mol. The van der Waals surface area contributed by atoms with Crippen molar-refractivity contribution in [1.29, 1.82) is 0 Å². The van der Waals surface area contributed by atoms with Crippen LogP contribution in [-0.2, 0) is 0 Å². The zero-order chi connectivity index (χ0) is 12.0. The van der Waals surface area contributed by atoms with Gasteiger partial charge in [0.25, 0.3) is 5.56 Å². The summed E-state index contributed by atoms with van der Waals surface area (Å²) in [7, 11) is 0. The largest absolute Gasteiger partial charge is 0.332 e. The molecule has 0 aromatic carbocycles. The molecule has 0 aliphatic rings. The van der Waals surface area contributed by atoms with Gasteiger partial charge in [-0.1, -0.05) is 0 Å². The molecule has 3 rings (SSSR count). The second-order valence-corrected chi connectivity index (χ2v) is 5.65. The number of hydrogen-bond donors (Lipinski definition) is 3. The van der Waals surface area contributed by atoms with E-state index in [0.29, 0.717) is 5.82 Å². The van der Waals surface area contributed by atoms with Crippen molar-refractivity contribution in [3.8, 4) is 11.4 Å². The van der Waals surface area contributed by atoms with Gasteiger partial charge in [-0.3, -0.25) is 14.8 Å². The van der Waals surface area contributed by atoms with Crippen LogP contribution in [0.25, 0.3) is 22.6 Å². The van der Waals surface area contributed by atoms with Gasteiger partial charge in [-0.2, -0.15) is 0 Å². The Morgan fingerprint density at radius 1 is 1.24 bits per heavy atom. The lowest BCUT2D eigenvalue weighted by Gasteiger charge is -1.86. The highest BCUT2D eigenvalue weighted by atomic mass is 79.9. The van der Waals surface area contributed by atoms with Crippen molar-refractivity contribution >= 4 is 38.4 Å². The third-order valence-corrected chi connectivity index (χ3v) is 3.74. The first kappa shape index (κ1) is 10.5. The van der Waals surface area contributed by atoms with Gasteiger partial charge in [0.05, 0.1) is 3.79 Å². The molecule has 0 radical (unpaired) electrons. The summed E-state index contributed by atoms with van der Waals surface area (Å²) < 4.78 is 0.968. The summed E-state index contributed by atoms with van der Waals surface area (Å²) in [4.78, 5) is 34.2. The maximum Gasteiger partial charge on any atom is 0.327 e. The number of imidazole rings is 1. The topological polar surface area (TPSA) is 94.4 Å². The average molecular weight is 313 g/mol. The maximum absolute atomic E-state index is 11.5. The Morgan fingerprint density at radius 2 is 2.06 bits per heavy atom. The fourth-order valence-electron chi connectivity index (χ4n) is 1.50. The third kappa shape index (κ3) is 1.75. The summed E-state index contributed by atoms with van der Waals surface area (Å²) in [6.45, 7) is 0. The molecule has 0 bridgehead atoms. The Kier molecular flexibility index (Phi) is 2.26. The highest BCUT2D eigenvalue weighted by Crippen LogP contribution is 2.27. The number of aromatic amines is 3. The number of aromatic nitrogens is 4. The van der Waals surface area contributed by atoms with Gasteiger partial charge >= 0.3 is 5.69 Å². The number of halogens is 1. The summed E-state index contributed by atoms with van der Waals surface area (Å²) in [5, 5.41) is 1.90. The van der Waals surface area contributed by atoms with E-state index in [4.69, 9.17) is 0 Å². The molecule has 86 valence electrons. The van der Waals surface area contributed by atoms with E-state index in [1.807, 2.05) is 11.4 Å². The van der Waals surface area contributed by atoms with E-state index >= 15 is 0 Å². The van der Waals surface area contributed by atoms with Crippen LogP contribution >= 0.6 is 27.3 Å². The highest BCUT2D eigenvalue weighted by molar-refractivity contribution is 9.11. The van der Waals surface area contributed by atoms with E-state index in [9.17, 15) is 9.59 Å². The maximum atomic E-state index is 11.5. The molecule has 17 heavy (non-hydrogen) atoms. The molecule has 0 spiro atoms. The lowest BCUT2D eigenvalue weighted by molar-refractivity contribution is 1.07. The van der Waals surface area contributed by atoms with Crippen LogP contribution in [0, 0.1) is 0 Å². The highest BCUT2D eigenvalue weighted by Gasteiger charge is 2.10. The summed E-state index contributed by atoms with van der Waals surface area (Å²) in [6, 6.07) is 1.88. The van der Waals surface area contributed by atoms with Crippen molar-refractivity contribution in [2.24, 2.45) is 0 Å². The Balaban J connectivity index is 2.30. The standard InChI is InChI=1S/C9H5BrN4O2S/c10-4-1-3(2-17-4)6-11-5-7(12-6)13-9(16)14-8(5)15/h1-2H,(H3,11,12,13,14,15,16). The number of H-pyrrole nitrogens is 3. The Hall–Kier alpha value is -1.67. The molecule has 3 aromatic heterocycles. The lowest BCUT2D eigenvalue weighted by Crippen LogP contribution is -2.21. The number of hydrogen-bond acceptors (Lipinski definition) is 4. The monoisotopic (exact) mass is 312 g/mol. The zero-order valence-electron chi connectivity index (χ0n) is 8.20. The first-order valence-corrected chi connectivity index (χ1v) is 6.27. The minimum atomic E-state index is -0.563. The molecule has 0 fully saturated rings. The molecular formula is C9H5BrN4O2S. The smallest absolute Gasteiger partial charge is 0.327 e. The number of nitrogens with zero attached hydrogens (tertiary/aromatic N) is 1. The molecule has 3 N–H and O–H groups in total. The summed E-state index contributed by atoms with van der Waals surface area (Å²) in [6.07, 6.45) is 0. The molecule has 0 unspecified atom stereocenters. The summed E-state index contributed by atoms with van der Waals surface area (Å²) in [5.41, 5.74) is 0.347. The number of rotatable bonds is 1. The van der Waals surface area contributed by atoms with Crippen molar-refractivity contribution in [1.82, 2.24) is 19.9 Å². The third-order valence-electron chi connectivity index (χ3n) is 2.23. The number of fused-ring (bicyclic) bond motifs is 1. The first-order chi connectivity index (χ1) is 8.13. The molecule has 8 heteroatoms. The minimum absolute atomic E-state index is 0.260. The molecule has 3 aromatic rings. The van der Waals surface area contributed by atoms with Crippen LogP contribution in [0.3, 0.4) is 0 Å². The summed E-state index contributed by atoms with van der Waals surface area (Å²) >= 11 is 4.87.